The van der Waals surface area contributed by atoms with Crippen molar-refractivity contribution in [3.63, 3.8) is 0 Å². The molecule has 1 aliphatic heterocycles. The van der Waals surface area contributed by atoms with Crippen LogP contribution in [0.1, 0.15) is 6.42 Å². The van der Waals surface area contributed by atoms with Gasteiger partial charge < -0.3 is 0 Å². The van der Waals surface area contributed by atoms with Crippen molar-refractivity contribution in [3.05, 3.63) is 36.6 Å². The quantitative estimate of drug-likeness (QED) is 0.570. The van der Waals surface area contributed by atoms with Gasteiger partial charge in [0.05, 0.1) is 0 Å². The fourth-order valence-corrected chi connectivity index (χ4v) is 0.674. The zero-order valence-electron chi connectivity index (χ0n) is 5.75. The Labute approximate surface area is 60.6 Å². The van der Waals surface area contributed by atoms with E-state index in [0.717, 1.165) is 12.1 Å². The molecule has 1 aliphatic rings. The first-order valence-electron chi connectivity index (χ1n) is 3.19. The molecule has 1 rings (SSSR count). The molecule has 0 spiro atoms. The summed E-state index contributed by atoms with van der Waals surface area (Å²) in [5.41, 5.74) is 3.98. The Kier molecular flexibility index (Phi) is 2.49. The monoisotopic (exact) mass is 134 g/mol. The Balaban J connectivity index is 2.40. The normalized spacial score (nSPS) is 20.2. The van der Waals surface area contributed by atoms with E-state index in [2.05, 4.69) is 17.1 Å². The predicted molar refractivity (Wildman–Crippen MR) is 43.7 cm³/mol. The lowest BCUT2D eigenvalue weighted by Gasteiger charge is -1.90. The number of hydrazone groups is 1. The van der Waals surface area contributed by atoms with Crippen molar-refractivity contribution < 1.29 is 0 Å². The second-order valence-electron chi connectivity index (χ2n) is 1.94. The lowest BCUT2D eigenvalue weighted by Crippen LogP contribution is -1.95. The summed E-state index contributed by atoms with van der Waals surface area (Å²) in [5, 5.41) is 3.84. The van der Waals surface area contributed by atoms with Gasteiger partial charge in [0.25, 0.3) is 0 Å². The molecule has 0 saturated heterocycles. The molecule has 0 fully saturated rings. The van der Waals surface area contributed by atoms with Crippen LogP contribution in [-0.2, 0) is 0 Å². The molecular formula is C8H10N2. The average Bonchev–Trinajstić information content (AvgIpc) is 2.41. The summed E-state index contributed by atoms with van der Waals surface area (Å²) >= 11 is 0. The van der Waals surface area contributed by atoms with E-state index in [9.17, 15) is 0 Å². The molecule has 0 aliphatic carbocycles. The van der Waals surface area contributed by atoms with E-state index < -0.39 is 0 Å². The van der Waals surface area contributed by atoms with Crippen molar-refractivity contribution in [1.82, 2.24) is 5.43 Å². The maximum atomic E-state index is 3.84. The van der Waals surface area contributed by atoms with Gasteiger partial charge in [-0.15, -0.1) is 0 Å². The fourth-order valence-electron chi connectivity index (χ4n) is 0.674. The van der Waals surface area contributed by atoms with Crippen LogP contribution in [0.25, 0.3) is 0 Å². The first-order chi connectivity index (χ1) is 4.93. The standard InChI is InChI=1S/C8H10N2/c1-2-3-4-5-8-6-7-9-10-8/h2-5,7,10H,1,6H2/b4-3-,8-5+. The smallest absolute Gasteiger partial charge is 0.0389 e. The summed E-state index contributed by atoms with van der Waals surface area (Å²) in [6.07, 6.45) is 10.3. The fraction of sp³-hybridized carbons (Fsp3) is 0.125. The van der Waals surface area contributed by atoms with Gasteiger partial charge in [0.2, 0.25) is 0 Å². The number of nitrogens with one attached hydrogen (secondary N) is 1. The number of hydrogen-bond donors (Lipinski definition) is 1. The molecule has 0 aromatic rings. The molecule has 1 heterocycles. The van der Waals surface area contributed by atoms with Gasteiger partial charge in [-0.2, -0.15) is 5.10 Å². The summed E-state index contributed by atoms with van der Waals surface area (Å²) in [6.45, 7) is 3.56. The maximum absolute atomic E-state index is 3.84. The van der Waals surface area contributed by atoms with Gasteiger partial charge >= 0.3 is 0 Å². The second kappa shape index (κ2) is 3.67. The minimum Gasteiger partial charge on any atom is -0.283 e. The maximum Gasteiger partial charge on any atom is 0.0389 e. The zero-order valence-corrected chi connectivity index (χ0v) is 5.75. The Hall–Kier alpha value is -1.31. The minimum absolute atomic E-state index is 0.904. The van der Waals surface area contributed by atoms with Gasteiger partial charge in [-0.05, 0) is 6.08 Å². The first-order valence-corrected chi connectivity index (χ1v) is 3.19. The van der Waals surface area contributed by atoms with E-state index in [1.54, 1.807) is 6.08 Å². The van der Waals surface area contributed by atoms with E-state index in [1.165, 1.54) is 0 Å². The van der Waals surface area contributed by atoms with Crippen molar-refractivity contribution in [2.75, 3.05) is 0 Å². The first kappa shape index (κ1) is 6.81. The van der Waals surface area contributed by atoms with Crippen molar-refractivity contribution in [2.24, 2.45) is 5.10 Å². The van der Waals surface area contributed by atoms with Crippen LogP contribution in [0.3, 0.4) is 0 Å². The largest absolute Gasteiger partial charge is 0.283 e. The molecule has 0 amide bonds. The van der Waals surface area contributed by atoms with Gasteiger partial charge in [0, 0.05) is 18.3 Å². The molecule has 0 unspecified atom stereocenters. The van der Waals surface area contributed by atoms with Crippen LogP contribution in [0, 0.1) is 0 Å². The molecule has 0 radical (unpaired) electrons. The summed E-state index contributed by atoms with van der Waals surface area (Å²) in [6, 6.07) is 0. The van der Waals surface area contributed by atoms with Crippen molar-refractivity contribution in [3.8, 4) is 0 Å². The molecule has 52 valence electrons. The van der Waals surface area contributed by atoms with E-state index in [1.807, 2.05) is 24.4 Å². The van der Waals surface area contributed by atoms with Crippen LogP contribution < -0.4 is 5.43 Å². The molecule has 0 bridgehead atoms. The molecule has 0 aromatic heterocycles. The summed E-state index contributed by atoms with van der Waals surface area (Å²) in [5.74, 6) is 0. The lowest BCUT2D eigenvalue weighted by atomic mass is 10.3. The van der Waals surface area contributed by atoms with Crippen molar-refractivity contribution >= 4 is 6.21 Å². The average molecular weight is 134 g/mol. The number of nitrogens with zero attached hydrogens (tertiary/aromatic N) is 1. The number of allylic oxidation sites excluding steroid dienone is 5. The van der Waals surface area contributed by atoms with E-state index in [-0.39, 0.29) is 0 Å². The molecule has 10 heavy (non-hydrogen) atoms. The van der Waals surface area contributed by atoms with Crippen LogP contribution in [0.2, 0.25) is 0 Å². The Morgan fingerprint density at radius 1 is 1.60 bits per heavy atom. The highest BCUT2D eigenvalue weighted by Gasteiger charge is 1.95. The van der Waals surface area contributed by atoms with Gasteiger partial charge in [0.1, 0.15) is 0 Å². The summed E-state index contributed by atoms with van der Waals surface area (Å²) in [7, 11) is 0. The summed E-state index contributed by atoms with van der Waals surface area (Å²) < 4.78 is 0. The topological polar surface area (TPSA) is 24.4 Å². The third kappa shape index (κ3) is 1.90. The Morgan fingerprint density at radius 3 is 3.10 bits per heavy atom. The molecule has 2 heteroatoms. The molecule has 1 N–H and O–H groups in total. The van der Waals surface area contributed by atoms with Crippen LogP contribution in [-0.4, -0.2) is 6.21 Å². The number of rotatable bonds is 2. The molecule has 0 aromatic carbocycles. The van der Waals surface area contributed by atoms with Crippen LogP contribution in [0.4, 0.5) is 0 Å². The van der Waals surface area contributed by atoms with Gasteiger partial charge in [0.15, 0.2) is 0 Å². The molecule has 0 saturated carbocycles. The van der Waals surface area contributed by atoms with Crippen LogP contribution in [0.15, 0.2) is 41.7 Å². The van der Waals surface area contributed by atoms with Crippen LogP contribution >= 0.6 is 0 Å². The van der Waals surface area contributed by atoms with E-state index >= 15 is 0 Å². The third-order valence-electron chi connectivity index (χ3n) is 1.16. The third-order valence-corrected chi connectivity index (χ3v) is 1.16. The number of hydrogen-bond acceptors (Lipinski definition) is 2. The highest BCUT2D eigenvalue weighted by atomic mass is 15.3. The van der Waals surface area contributed by atoms with Crippen molar-refractivity contribution in [1.29, 1.82) is 0 Å². The second-order valence-corrected chi connectivity index (χ2v) is 1.94. The van der Waals surface area contributed by atoms with Gasteiger partial charge in [-0.1, -0.05) is 24.8 Å². The van der Waals surface area contributed by atoms with E-state index in [0.29, 0.717) is 0 Å². The Bertz CT molecular complexity index is 189. The molecular weight excluding hydrogens is 124 g/mol. The molecule has 2 nitrogen and oxygen atoms in total. The van der Waals surface area contributed by atoms with Crippen molar-refractivity contribution in [2.45, 2.75) is 6.42 Å². The zero-order chi connectivity index (χ0) is 7.23. The van der Waals surface area contributed by atoms with Gasteiger partial charge in [-0.3, -0.25) is 5.43 Å². The van der Waals surface area contributed by atoms with E-state index in [4.69, 9.17) is 0 Å². The van der Waals surface area contributed by atoms with Gasteiger partial charge in [-0.25, -0.2) is 0 Å². The minimum atomic E-state index is 0.904. The van der Waals surface area contributed by atoms with Crippen LogP contribution in [0.5, 0.6) is 0 Å². The highest BCUT2D eigenvalue weighted by Crippen LogP contribution is 1.99. The Morgan fingerprint density at radius 2 is 2.50 bits per heavy atom. The lowest BCUT2D eigenvalue weighted by molar-refractivity contribution is 0.925. The SMILES string of the molecule is C=C/C=C\C=C1/CC=NN1. The summed E-state index contributed by atoms with van der Waals surface area (Å²) in [4.78, 5) is 0. The highest BCUT2D eigenvalue weighted by molar-refractivity contribution is 5.63. The molecule has 0 atom stereocenters. The predicted octanol–water partition coefficient (Wildman–Crippen LogP) is 1.59.